The first-order valence-corrected chi connectivity index (χ1v) is 9.35. The van der Waals surface area contributed by atoms with Gasteiger partial charge in [0.1, 0.15) is 11.8 Å². The number of carboxylic acids is 1. The molecule has 1 N–H and O–H groups in total. The number of aliphatic carboxylic acids is 1. The van der Waals surface area contributed by atoms with Crippen molar-refractivity contribution in [3.05, 3.63) is 52.8 Å². The molecule has 1 saturated heterocycles. The maximum absolute atomic E-state index is 12.1. The number of carboxylic acid groups (broad SMARTS) is 1. The Bertz CT molecular complexity index is 815. The molecule has 1 aliphatic heterocycles. The summed E-state index contributed by atoms with van der Waals surface area (Å²) >= 11 is 6.13. The fraction of sp³-hybridized carbons (Fsp3) is 0.400. The number of rotatable bonds is 5. The van der Waals surface area contributed by atoms with Crippen molar-refractivity contribution in [3.63, 3.8) is 0 Å². The Morgan fingerprint density at radius 2 is 2.07 bits per heavy atom. The Morgan fingerprint density at radius 1 is 1.26 bits per heavy atom. The smallest absolute Gasteiger partial charge is 0.325 e. The molecule has 27 heavy (non-hydrogen) atoms. The van der Waals surface area contributed by atoms with Gasteiger partial charge in [-0.2, -0.15) is 0 Å². The predicted octanol–water partition coefficient (Wildman–Crippen LogP) is 3.39. The highest BCUT2D eigenvalue weighted by Crippen LogP contribution is 2.33. The number of hydrogen-bond donors (Lipinski definition) is 1. The number of methoxy groups -OCH3 is 1. The van der Waals surface area contributed by atoms with Crippen LogP contribution in [0.3, 0.4) is 0 Å². The van der Waals surface area contributed by atoms with E-state index in [0.29, 0.717) is 29.4 Å². The molecule has 3 rings (SSSR count). The summed E-state index contributed by atoms with van der Waals surface area (Å²) in [6, 6.07) is 6.34. The first-order chi connectivity index (χ1) is 13.0. The van der Waals surface area contributed by atoms with Gasteiger partial charge in [0.05, 0.1) is 7.11 Å². The number of halogens is 1. The Labute approximate surface area is 164 Å². The summed E-state index contributed by atoms with van der Waals surface area (Å²) in [6.45, 7) is 4.99. The van der Waals surface area contributed by atoms with Crippen LogP contribution in [0, 0.1) is 6.92 Å². The summed E-state index contributed by atoms with van der Waals surface area (Å²) < 4.78 is 5.39. The van der Waals surface area contributed by atoms with E-state index in [9.17, 15) is 9.90 Å². The van der Waals surface area contributed by atoms with Gasteiger partial charge >= 0.3 is 5.97 Å². The molecule has 0 radical (unpaired) electrons. The average molecular weight is 390 g/mol. The second-order valence-corrected chi connectivity index (χ2v) is 7.10. The fourth-order valence-corrected chi connectivity index (χ4v) is 3.84. The fourth-order valence-electron chi connectivity index (χ4n) is 3.66. The van der Waals surface area contributed by atoms with Crippen LogP contribution in [0.25, 0.3) is 0 Å². The van der Waals surface area contributed by atoms with Gasteiger partial charge in [-0.25, -0.2) is 0 Å². The van der Waals surface area contributed by atoms with Crippen LogP contribution < -0.4 is 9.64 Å². The van der Waals surface area contributed by atoms with Gasteiger partial charge < -0.3 is 14.7 Å². The molecule has 0 bridgehead atoms. The predicted molar refractivity (Wildman–Crippen MR) is 106 cm³/mol. The lowest BCUT2D eigenvalue weighted by atomic mass is 10.0. The van der Waals surface area contributed by atoms with Crippen molar-refractivity contribution >= 4 is 23.3 Å². The molecular weight excluding hydrogens is 366 g/mol. The van der Waals surface area contributed by atoms with Gasteiger partial charge in [0.2, 0.25) is 0 Å². The largest absolute Gasteiger partial charge is 0.496 e. The quantitative estimate of drug-likeness (QED) is 0.845. The van der Waals surface area contributed by atoms with E-state index in [1.165, 1.54) is 0 Å². The third kappa shape index (κ3) is 4.34. The summed E-state index contributed by atoms with van der Waals surface area (Å²) in [7, 11) is 1.54. The number of aryl methyl sites for hydroxylation is 1. The third-order valence-corrected chi connectivity index (χ3v) is 5.18. The van der Waals surface area contributed by atoms with Crippen LogP contribution in [0.5, 0.6) is 5.75 Å². The molecule has 0 amide bonds. The van der Waals surface area contributed by atoms with Crippen molar-refractivity contribution < 1.29 is 14.6 Å². The second kappa shape index (κ2) is 8.59. The molecule has 144 valence electrons. The molecule has 1 aromatic heterocycles. The molecule has 0 saturated carbocycles. The van der Waals surface area contributed by atoms with E-state index in [4.69, 9.17) is 16.3 Å². The van der Waals surface area contributed by atoms with Crippen molar-refractivity contribution in [2.45, 2.75) is 19.4 Å². The van der Waals surface area contributed by atoms with E-state index in [0.717, 1.165) is 30.8 Å². The number of hydrogen-bond acceptors (Lipinski definition) is 5. The highest BCUT2D eigenvalue weighted by molar-refractivity contribution is 6.30. The number of pyridine rings is 1. The van der Waals surface area contributed by atoms with Gasteiger partial charge in [0.15, 0.2) is 0 Å². The third-order valence-electron chi connectivity index (χ3n) is 4.95. The first kappa shape index (κ1) is 19.5. The van der Waals surface area contributed by atoms with Gasteiger partial charge in [0.25, 0.3) is 0 Å². The van der Waals surface area contributed by atoms with Crippen LogP contribution in [-0.2, 0) is 4.79 Å². The average Bonchev–Trinajstić information content (AvgIpc) is 2.88. The van der Waals surface area contributed by atoms with Crippen LogP contribution in [0.4, 0.5) is 5.69 Å². The molecule has 1 fully saturated rings. The van der Waals surface area contributed by atoms with Crippen molar-refractivity contribution in [1.29, 1.82) is 0 Å². The van der Waals surface area contributed by atoms with Crippen LogP contribution in [0.15, 0.2) is 36.7 Å². The van der Waals surface area contributed by atoms with E-state index in [-0.39, 0.29) is 0 Å². The van der Waals surface area contributed by atoms with E-state index in [1.54, 1.807) is 31.5 Å². The van der Waals surface area contributed by atoms with Crippen molar-refractivity contribution in [2.75, 3.05) is 38.2 Å². The van der Waals surface area contributed by atoms with Crippen LogP contribution in [-0.4, -0.2) is 54.2 Å². The van der Waals surface area contributed by atoms with Gasteiger partial charge in [0, 0.05) is 54.8 Å². The maximum atomic E-state index is 12.1. The number of benzene rings is 1. The van der Waals surface area contributed by atoms with Gasteiger partial charge in [-0.3, -0.25) is 14.7 Å². The number of carbonyl (C=O) groups is 1. The van der Waals surface area contributed by atoms with E-state index in [2.05, 4.69) is 9.88 Å². The van der Waals surface area contributed by atoms with E-state index >= 15 is 0 Å². The lowest BCUT2D eigenvalue weighted by molar-refractivity contribution is -0.143. The number of anilines is 1. The van der Waals surface area contributed by atoms with Crippen LogP contribution >= 0.6 is 11.6 Å². The molecular formula is C20H24ClN3O3. The molecule has 1 aliphatic rings. The molecule has 1 atom stereocenters. The standard InChI is InChI=1S/C20H24ClN3O3/c1-14-13-22-7-6-17(14)23-8-3-9-24(11-10-23)19(20(25)26)16-12-15(21)4-5-18(16)27-2/h4-7,12-13,19H,3,8-11H2,1-2H3,(H,25,26). The number of aromatic nitrogens is 1. The zero-order valence-corrected chi connectivity index (χ0v) is 16.3. The molecule has 2 aromatic rings. The Hall–Kier alpha value is -2.31. The van der Waals surface area contributed by atoms with Gasteiger partial charge in [-0.15, -0.1) is 0 Å². The molecule has 6 nitrogen and oxygen atoms in total. The van der Waals surface area contributed by atoms with Crippen LogP contribution in [0.1, 0.15) is 23.6 Å². The van der Waals surface area contributed by atoms with Gasteiger partial charge in [-0.05, 0) is 43.2 Å². The molecule has 1 aromatic carbocycles. The first-order valence-electron chi connectivity index (χ1n) is 8.97. The Balaban J connectivity index is 1.85. The zero-order chi connectivity index (χ0) is 19.4. The van der Waals surface area contributed by atoms with Crippen molar-refractivity contribution in [3.8, 4) is 5.75 Å². The molecule has 0 spiro atoms. The molecule has 1 unspecified atom stereocenters. The topological polar surface area (TPSA) is 65.9 Å². The summed E-state index contributed by atoms with van der Waals surface area (Å²) in [5, 5.41) is 10.4. The SMILES string of the molecule is COc1ccc(Cl)cc1C(C(=O)O)N1CCCN(c2ccncc2C)CC1. The molecule has 7 heteroatoms. The van der Waals surface area contributed by atoms with Crippen molar-refractivity contribution in [2.24, 2.45) is 0 Å². The second-order valence-electron chi connectivity index (χ2n) is 6.67. The Morgan fingerprint density at radius 3 is 2.78 bits per heavy atom. The van der Waals surface area contributed by atoms with E-state index in [1.807, 2.05) is 24.1 Å². The summed E-state index contributed by atoms with van der Waals surface area (Å²) in [6.07, 6.45) is 4.52. The lowest BCUT2D eigenvalue weighted by Crippen LogP contribution is -2.37. The minimum absolute atomic E-state index is 0.501. The Kier molecular flexibility index (Phi) is 6.19. The minimum atomic E-state index is -0.899. The highest BCUT2D eigenvalue weighted by Gasteiger charge is 2.31. The lowest BCUT2D eigenvalue weighted by Gasteiger charge is -2.29. The van der Waals surface area contributed by atoms with Gasteiger partial charge in [-0.1, -0.05) is 11.6 Å². The van der Waals surface area contributed by atoms with Crippen LogP contribution in [0.2, 0.25) is 5.02 Å². The molecule has 0 aliphatic carbocycles. The summed E-state index contributed by atoms with van der Waals surface area (Å²) in [5.74, 6) is -0.359. The summed E-state index contributed by atoms with van der Waals surface area (Å²) in [4.78, 5) is 20.6. The number of ether oxygens (including phenoxy) is 1. The summed E-state index contributed by atoms with van der Waals surface area (Å²) in [5.41, 5.74) is 2.86. The highest BCUT2D eigenvalue weighted by atomic mass is 35.5. The minimum Gasteiger partial charge on any atom is -0.496 e. The number of nitrogens with zero attached hydrogens (tertiary/aromatic N) is 3. The monoisotopic (exact) mass is 389 g/mol. The normalized spacial score (nSPS) is 16.6. The maximum Gasteiger partial charge on any atom is 0.325 e. The van der Waals surface area contributed by atoms with E-state index < -0.39 is 12.0 Å². The van der Waals surface area contributed by atoms with Crippen molar-refractivity contribution in [1.82, 2.24) is 9.88 Å². The zero-order valence-electron chi connectivity index (χ0n) is 15.6. The molecule has 2 heterocycles.